The zero-order valence-corrected chi connectivity index (χ0v) is 16.6. The topological polar surface area (TPSA) is 93.7 Å². The lowest BCUT2D eigenvalue weighted by Crippen LogP contribution is -2.32. The van der Waals surface area contributed by atoms with Crippen LogP contribution in [0.15, 0.2) is 46.9 Å². The van der Waals surface area contributed by atoms with E-state index in [1.54, 1.807) is 36.4 Å². The molecule has 0 spiro atoms. The molecule has 0 aliphatic rings. The molecule has 0 fully saturated rings. The number of hydrogen-bond donors (Lipinski definition) is 2. The van der Waals surface area contributed by atoms with Gasteiger partial charge in [-0.1, -0.05) is 27.5 Å². The van der Waals surface area contributed by atoms with Gasteiger partial charge >= 0.3 is 5.97 Å². The Morgan fingerprint density at radius 1 is 1.11 bits per heavy atom. The number of benzene rings is 2. The summed E-state index contributed by atoms with van der Waals surface area (Å²) in [4.78, 5) is 35.5. The summed E-state index contributed by atoms with van der Waals surface area (Å²) in [5.41, 5.74) is 0.756. The van der Waals surface area contributed by atoms with E-state index in [-0.39, 0.29) is 6.54 Å². The second-order valence-electron chi connectivity index (χ2n) is 5.24. The number of esters is 1. The Labute approximate surface area is 169 Å². The third-order valence-electron chi connectivity index (χ3n) is 3.30. The molecule has 27 heavy (non-hydrogen) atoms. The van der Waals surface area contributed by atoms with Crippen molar-refractivity contribution in [2.45, 2.75) is 0 Å². The minimum absolute atomic E-state index is 0.356. The Morgan fingerprint density at radius 3 is 2.48 bits per heavy atom. The maximum atomic E-state index is 11.9. The van der Waals surface area contributed by atoms with Crippen molar-refractivity contribution in [3.8, 4) is 5.75 Å². The van der Waals surface area contributed by atoms with Crippen molar-refractivity contribution in [3.05, 3.63) is 57.5 Å². The number of carbonyl (C=O) groups excluding carboxylic acids is 3. The van der Waals surface area contributed by atoms with E-state index >= 15 is 0 Å². The first-order valence-corrected chi connectivity index (χ1v) is 8.89. The predicted octanol–water partition coefficient (Wildman–Crippen LogP) is 3.02. The Bertz CT molecular complexity index is 842. The molecule has 0 saturated carbocycles. The van der Waals surface area contributed by atoms with Crippen LogP contribution in [0.4, 0.5) is 5.69 Å². The van der Waals surface area contributed by atoms with Gasteiger partial charge in [0.25, 0.3) is 11.8 Å². The number of nitrogens with one attached hydrogen (secondary N) is 2. The van der Waals surface area contributed by atoms with Crippen molar-refractivity contribution in [2.24, 2.45) is 0 Å². The number of hydrogen-bond acceptors (Lipinski definition) is 5. The van der Waals surface area contributed by atoms with Crippen LogP contribution in [0.2, 0.25) is 5.02 Å². The summed E-state index contributed by atoms with van der Waals surface area (Å²) in [6.07, 6.45) is 0. The summed E-state index contributed by atoms with van der Waals surface area (Å²) in [7, 11) is 1.45. The second kappa shape index (κ2) is 9.94. The molecule has 0 unspecified atom stereocenters. The van der Waals surface area contributed by atoms with Crippen LogP contribution in [0.3, 0.4) is 0 Å². The third-order valence-corrected chi connectivity index (χ3v) is 4.06. The SMILES string of the molecule is COc1ccc(Cl)cc1NC(=O)COC(=O)CNC(=O)c1ccc(Br)cc1. The van der Waals surface area contributed by atoms with Gasteiger partial charge in [0.15, 0.2) is 6.61 Å². The van der Waals surface area contributed by atoms with Gasteiger partial charge in [-0.2, -0.15) is 0 Å². The van der Waals surface area contributed by atoms with Crippen LogP contribution in [0, 0.1) is 0 Å². The zero-order chi connectivity index (χ0) is 19.8. The molecule has 9 heteroatoms. The van der Waals surface area contributed by atoms with Gasteiger partial charge in [0.2, 0.25) is 0 Å². The largest absolute Gasteiger partial charge is 0.495 e. The standard InChI is InChI=1S/C18H16BrClN2O5/c1-26-15-7-6-13(20)8-14(15)22-16(23)10-27-17(24)9-21-18(25)11-2-4-12(19)5-3-11/h2-8H,9-10H2,1H3,(H,21,25)(H,22,23). The smallest absolute Gasteiger partial charge is 0.325 e. The van der Waals surface area contributed by atoms with Crippen molar-refractivity contribution >= 4 is 51.0 Å². The maximum Gasteiger partial charge on any atom is 0.325 e. The van der Waals surface area contributed by atoms with E-state index in [0.29, 0.717) is 22.0 Å². The number of rotatable bonds is 7. The molecule has 7 nitrogen and oxygen atoms in total. The van der Waals surface area contributed by atoms with Crippen molar-refractivity contribution < 1.29 is 23.9 Å². The number of halogens is 2. The lowest BCUT2D eigenvalue weighted by molar-refractivity contribution is -0.146. The molecule has 0 aliphatic carbocycles. The molecule has 2 N–H and O–H groups in total. The number of ether oxygens (including phenoxy) is 2. The van der Waals surface area contributed by atoms with Crippen LogP contribution in [0.1, 0.15) is 10.4 Å². The minimum Gasteiger partial charge on any atom is -0.495 e. The summed E-state index contributed by atoms with van der Waals surface area (Å²) in [5.74, 6) is -1.31. The molecular weight excluding hydrogens is 440 g/mol. The fourth-order valence-corrected chi connectivity index (χ4v) is 2.45. The van der Waals surface area contributed by atoms with E-state index in [2.05, 4.69) is 26.6 Å². The van der Waals surface area contributed by atoms with Crippen molar-refractivity contribution in [1.29, 1.82) is 0 Å². The van der Waals surface area contributed by atoms with Gasteiger partial charge in [0.05, 0.1) is 12.8 Å². The van der Waals surface area contributed by atoms with E-state index < -0.39 is 24.4 Å². The molecule has 0 aliphatic heterocycles. The molecule has 0 bridgehead atoms. The Balaban J connectivity index is 1.78. The van der Waals surface area contributed by atoms with Crippen molar-refractivity contribution in [2.75, 3.05) is 25.6 Å². The first-order chi connectivity index (χ1) is 12.9. The third kappa shape index (κ3) is 6.58. The van der Waals surface area contributed by atoms with Gasteiger partial charge in [-0.15, -0.1) is 0 Å². The molecule has 142 valence electrons. The average molecular weight is 456 g/mol. The van der Waals surface area contributed by atoms with Crippen LogP contribution in [0.5, 0.6) is 5.75 Å². The van der Waals surface area contributed by atoms with Crippen LogP contribution in [0.25, 0.3) is 0 Å². The van der Waals surface area contributed by atoms with Gasteiger partial charge in [0, 0.05) is 15.1 Å². The first kappa shape index (κ1) is 20.7. The Kier molecular flexibility index (Phi) is 7.63. The van der Waals surface area contributed by atoms with Gasteiger partial charge in [-0.25, -0.2) is 0 Å². The summed E-state index contributed by atoms with van der Waals surface area (Å²) >= 11 is 9.15. The van der Waals surface area contributed by atoms with Crippen molar-refractivity contribution in [3.63, 3.8) is 0 Å². The zero-order valence-electron chi connectivity index (χ0n) is 14.3. The first-order valence-electron chi connectivity index (χ1n) is 7.72. The fraction of sp³-hybridized carbons (Fsp3) is 0.167. The molecule has 2 aromatic carbocycles. The summed E-state index contributed by atoms with van der Waals surface area (Å²) < 4.78 is 10.8. The van der Waals surface area contributed by atoms with E-state index in [0.717, 1.165) is 4.47 Å². The number of amides is 2. The van der Waals surface area contributed by atoms with Gasteiger partial charge in [-0.05, 0) is 42.5 Å². The molecule has 0 saturated heterocycles. The predicted molar refractivity (Wildman–Crippen MR) is 104 cm³/mol. The van der Waals surface area contributed by atoms with Crippen LogP contribution in [-0.2, 0) is 14.3 Å². The highest BCUT2D eigenvalue weighted by Crippen LogP contribution is 2.27. The number of carbonyl (C=O) groups is 3. The van der Waals surface area contributed by atoms with Gasteiger partial charge in [-0.3, -0.25) is 14.4 Å². The average Bonchev–Trinajstić information content (AvgIpc) is 2.65. The molecular formula is C18H16BrClN2O5. The molecule has 2 aromatic rings. The lowest BCUT2D eigenvalue weighted by atomic mass is 10.2. The van der Waals surface area contributed by atoms with E-state index in [9.17, 15) is 14.4 Å². The normalized spacial score (nSPS) is 10.0. The molecule has 2 amide bonds. The van der Waals surface area contributed by atoms with E-state index in [1.807, 2.05) is 0 Å². The highest BCUT2D eigenvalue weighted by Gasteiger charge is 2.12. The van der Waals surface area contributed by atoms with Crippen molar-refractivity contribution in [1.82, 2.24) is 5.32 Å². The summed E-state index contributed by atoms with van der Waals surface area (Å²) in [6.45, 7) is -0.870. The number of methoxy groups -OCH3 is 1. The maximum absolute atomic E-state index is 11.9. The molecule has 0 atom stereocenters. The van der Waals surface area contributed by atoms with E-state index in [4.69, 9.17) is 21.1 Å². The summed E-state index contributed by atoms with van der Waals surface area (Å²) in [6, 6.07) is 11.4. The highest BCUT2D eigenvalue weighted by molar-refractivity contribution is 9.10. The lowest BCUT2D eigenvalue weighted by Gasteiger charge is -2.11. The Morgan fingerprint density at radius 2 is 1.81 bits per heavy atom. The number of anilines is 1. The highest BCUT2D eigenvalue weighted by atomic mass is 79.9. The molecule has 0 radical (unpaired) electrons. The quantitative estimate of drug-likeness (QED) is 0.626. The van der Waals surface area contributed by atoms with Gasteiger partial charge in [0.1, 0.15) is 12.3 Å². The minimum atomic E-state index is -0.742. The van der Waals surface area contributed by atoms with Gasteiger partial charge < -0.3 is 20.1 Å². The monoisotopic (exact) mass is 454 g/mol. The fourth-order valence-electron chi connectivity index (χ4n) is 2.02. The van der Waals surface area contributed by atoms with Crippen LogP contribution >= 0.6 is 27.5 Å². The van der Waals surface area contributed by atoms with Crippen LogP contribution in [-0.4, -0.2) is 38.0 Å². The van der Waals surface area contributed by atoms with E-state index in [1.165, 1.54) is 13.2 Å². The van der Waals surface area contributed by atoms with Crippen LogP contribution < -0.4 is 15.4 Å². The summed E-state index contributed by atoms with van der Waals surface area (Å²) in [5, 5.41) is 5.37. The molecule has 0 aromatic heterocycles. The molecule has 2 rings (SSSR count). The second-order valence-corrected chi connectivity index (χ2v) is 6.60. The molecule has 0 heterocycles. The Hall–Kier alpha value is -2.58.